The second-order valence-corrected chi connectivity index (χ2v) is 5.94. The summed E-state index contributed by atoms with van der Waals surface area (Å²) in [6, 6.07) is 9.65. The molecule has 0 aliphatic carbocycles. The molecule has 2 aromatic heterocycles. The lowest BCUT2D eigenvalue weighted by atomic mass is 10.2. The van der Waals surface area contributed by atoms with Crippen molar-refractivity contribution in [3.8, 4) is 5.88 Å². The number of anilines is 1. The molecule has 0 spiro atoms. The van der Waals surface area contributed by atoms with E-state index in [1.165, 1.54) is 7.11 Å². The fourth-order valence-corrected chi connectivity index (χ4v) is 2.59. The summed E-state index contributed by atoms with van der Waals surface area (Å²) in [5.74, 6) is -0.453. The number of hydrogen-bond donors (Lipinski definition) is 1. The van der Waals surface area contributed by atoms with E-state index in [1.54, 1.807) is 10.9 Å². The van der Waals surface area contributed by atoms with Crippen LogP contribution in [0.1, 0.15) is 5.56 Å². The van der Waals surface area contributed by atoms with Gasteiger partial charge in [-0.3, -0.25) is 24.3 Å². The lowest BCUT2D eigenvalue weighted by Crippen LogP contribution is -2.19. The molecule has 1 aromatic carbocycles. The normalized spacial score (nSPS) is 10.6. The zero-order chi connectivity index (χ0) is 19.4. The maximum absolute atomic E-state index is 12.2. The Morgan fingerprint density at radius 3 is 2.63 bits per heavy atom. The number of rotatable bonds is 7. The van der Waals surface area contributed by atoms with Gasteiger partial charge in [0.15, 0.2) is 5.82 Å². The van der Waals surface area contributed by atoms with Crippen LogP contribution < -0.4 is 10.1 Å². The van der Waals surface area contributed by atoms with Crippen molar-refractivity contribution in [2.75, 3.05) is 12.4 Å². The zero-order valence-electron chi connectivity index (χ0n) is 14.2. The summed E-state index contributed by atoms with van der Waals surface area (Å²) in [4.78, 5) is 22.5. The van der Waals surface area contributed by atoms with Crippen LogP contribution in [-0.2, 0) is 17.9 Å². The fourth-order valence-electron chi connectivity index (χ4n) is 2.40. The van der Waals surface area contributed by atoms with Crippen molar-refractivity contribution in [3.63, 3.8) is 0 Å². The van der Waals surface area contributed by atoms with Crippen LogP contribution in [0, 0.1) is 10.1 Å². The van der Waals surface area contributed by atoms with Gasteiger partial charge >= 0.3 is 11.6 Å². The molecule has 27 heavy (non-hydrogen) atoms. The van der Waals surface area contributed by atoms with E-state index in [2.05, 4.69) is 15.5 Å². The maximum atomic E-state index is 12.2. The number of nitrogens with zero attached hydrogens (tertiary/aromatic N) is 5. The molecule has 0 aliphatic rings. The number of amides is 1. The number of nitro groups is 1. The number of carbonyl (C=O) groups is 1. The number of nitrogens with one attached hydrogen (secondary N) is 1. The minimum Gasteiger partial charge on any atom is -0.475 e. The van der Waals surface area contributed by atoms with Crippen molar-refractivity contribution in [1.29, 1.82) is 0 Å². The van der Waals surface area contributed by atoms with E-state index in [-0.39, 0.29) is 29.0 Å². The van der Waals surface area contributed by atoms with E-state index < -0.39 is 10.8 Å². The molecule has 0 atom stereocenters. The number of ether oxygens (including phenoxy) is 1. The van der Waals surface area contributed by atoms with Gasteiger partial charge in [0, 0.05) is 6.20 Å². The van der Waals surface area contributed by atoms with Gasteiger partial charge in [-0.05, 0) is 5.56 Å². The number of halogens is 1. The molecule has 1 amide bonds. The molecule has 3 aromatic rings. The molecule has 0 unspecified atom stereocenters. The Hall–Kier alpha value is -3.40. The van der Waals surface area contributed by atoms with E-state index in [4.69, 9.17) is 16.3 Å². The molecular weight excluding hydrogens is 376 g/mol. The van der Waals surface area contributed by atoms with Crippen LogP contribution in [0.4, 0.5) is 11.5 Å². The van der Waals surface area contributed by atoms with Gasteiger partial charge in [-0.25, -0.2) is 0 Å². The zero-order valence-corrected chi connectivity index (χ0v) is 15.0. The highest BCUT2D eigenvalue weighted by Crippen LogP contribution is 2.24. The quantitative estimate of drug-likeness (QED) is 0.488. The monoisotopic (exact) mass is 390 g/mol. The van der Waals surface area contributed by atoms with Gasteiger partial charge < -0.3 is 10.1 Å². The first-order chi connectivity index (χ1) is 13.0. The third-order valence-corrected chi connectivity index (χ3v) is 3.84. The summed E-state index contributed by atoms with van der Waals surface area (Å²) in [7, 11) is 1.26. The van der Waals surface area contributed by atoms with Crippen molar-refractivity contribution in [3.05, 3.63) is 63.4 Å². The summed E-state index contributed by atoms with van der Waals surface area (Å²) >= 11 is 6.12. The molecule has 140 valence electrons. The molecule has 0 saturated heterocycles. The van der Waals surface area contributed by atoms with Gasteiger partial charge in [-0.15, -0.1) is 5.10 Å². The van der Waals surface area contributed by atoms with Crippen molar-refractivity contribution in [2.45, 2.75) is 13.1 Å². The molecule has 2 heterocycles. The largest absolute Gasteiger partial charge is 0.475 e. The molecular formula is C16H15ClN6O4. The van der Waals surface area contributed by atoms with E-state index in [0.717, 1.165) is 16.4 Å². The summed E-state index contributed by atoms with van der Waals surface area (Å²) in [5.41, 5.74) is 0.709. The summed E-state index contributed by atoms with van der Waals surface area (Å²) in [6.07, 6.45) is 2.72. The first kappa shape index (κ1) is 18.4. The fraction of sp³-hybridized carbons (Fsp3) is 0.188. The van der Waals surface area contributed by atoms with Crippen molar-refractivity contribution in [2.24, 2.45) is 0 Å². The Labute approximate surface area is 158 Å². The van der Waals surface area contributed by atoms with Gasteiger partial charge in [-0.2, -0.15) is 5.10 Å². The van der Waals surface area contributed by atoms with Crippen LogP contribution in [0.25, 0.3) is 0 Å². The lowest BCUT2D eigenvalue weighted by Gasteiger charge is -2.03. The minimum atomic E-state index is -0.637. The van der Waals surface area contributed by atoms with E-state index in [1.807, 2.05) is 30.3 Å². The van der Waals surface area contributed by atoms with Crippen LogP contribution in [0.15, 0.2) is 42.7 Å². The Balaban J connectivity index is 1.67. The second kappa shape index (κ2) is 7.87. The van der Waals surface area contributed by atoms with Gasteiger partial charge in [0.05, 0.1) is 18.6 Å². The molecule has 0 fully saturated rings. The average Bonchev–Trinajstić information content (AvgIpc) is 3.19. The lowest BCUT2D eigenvalue weighted by molar-refractivity contribution is -0.385. The molecule has 0 radical (unpaired) electrons. The standard InChI is InChI=1S/C16H15ClN6O4/c1-27-16-13(23(25)26)9-22(20-16)10-14(24)18-15-12(17)8-21(19-15)7-11-5-3-2-4-6-11/h2-6,8-9H,7,10H2,1H3,(H,18,19,24). The van der Waals surface area contributed by atoms with E-state index in [9.17, 15) is 14.9 Å². The Morgan fingerprint density at radius 2 is 2.00 bits per heavy atom. The molecule has 0 bridgehead atoms. The minimum absolute atomic E-state index is 0.169. The molecule has 0 aliphatic heterocycles. The molecule has 1 N–H and O–H groups in total. The molecule has 10 nitrogen and oxygen atoms in total. The van der Waals surface area contributed by atoms with Crippen LogP contribution >= 0.6 is 11.6 Å². The third-order valence-electron chi connectivity index (χ3n) is 3.57. The van der Waals surface area contributed by atoms with E-state index in [0.29, 0.717) is 6.54 Å². The maximum Gasteiger partial charge on any atom is 0.350 e. The van der Waals surface area contributed by atoms with Crippen molar-refractivity contribution < 1.29 is 14.5 Å². The smallest absolute Gasteiger partial charge is 0.350 e. The SMILES string of the molecule is COc1nn(CC(=O)Nc2nn(Cc3ccccc3)cc2Cl)cc1[N+](=O)[O-]. The first-order valence-corrected chi connectivity index (χ1v) is 8.16. The highest BCUT2D eigenvalue weighted by Gasteiger charge is 2.21. The number of carbonyl (C=O) groups excluding carboxylic acids is 1. The number of methoxy groups -OCH3 is 1. The Morgan fingerprint density at radius 1 is 1.26 bits per heavy atom. The number of hydrogen-bond acceptors (Lipinski definition) is 6. The van der Waals surface area contributed by atoms with Crippen LogP contribution in [0.2, 0.25) is 5.02 Å². The highest BCUT2D eigenvalue weighted by atomic mass is 35.5. The summed E-state index contributed by atoms with van der Waals surface area (Å²) in [5, 5.41) is 21.8. The van der Waals surface area contributed by atoms with Gasteiger partial charge in [-0.1, -0.05) is 41.9 Å². The first-order valence-electron chi connectivity index (χ1n) is 7.79. The van der Waals surface area contributed by atoms with Crippen LogP contribution in [-0.4, -0.2) is 37.5 Å². The van der Waals surface area contributed by atoms with Gasteiger partial charge in [0.25, 0.3) is 0 Å². The second-order valence-electron chi connectivity index (χ2n) is 5.54. The Bertz CT molecular complexity index is 969. The molecule has 0 saturated carbocycles. The molecule has 11 heteroatoms. The highest BCUT2D eigenvalue weighted by molar-refractivity contribution is 6.33. The summed E-state index contributed by atoms with van der Waals surface area (Å²) < 4.78 is 7.54. The van der Waals surface area contributed by atoms with E-state index >= 15 is 0 Å². The number of aromatic nitrogens is 4. The predicted octanol–water partition coefficient (Wildman–Crippen LogP) is 2.34. The van der Waals surface area contributed by atoms with Crippen LogP contribution in [0.3, 0.4) is 0 Å². The molecule has 3 rings (SSSR count). The summed E-state index contributed by atoms with van der Waals surface area (Å²) in [6.45, 7) is 0.241. The van der Waals surface area contributed by atoms with Gasteiger partial charge in [0.2, 0.25) is 5.91 Å². The topological polar surface area (TPSA) is 117 Å². The van der Waals surface area contributed by atoms with Gasteiger partial charge in [0.1, 0.15) is 17.8 Å². The van der Waals surface area contributed by atoms with Crippen LogP contribution in [0.5, 0.6) is 5.88 Å². The van der Waals surface area contributed by atoms with Crippen molar-refractivity contribution in [1.82, 2.24) is 19.6 Å². The van der Waals surface area contributed by atoms with Crippen molar-refractivity contribution >= 4 is 29.0 Å². The predicted molar refractivity (Wildman–Crippen MR) is 96.8 cm³/mol. The average molecular weight is 391 g/mol. The third kappa shape index (κ3) is 4.42. The Kier molecular flexibility index (Phi) is 5.36. The number of benzene rings is 1.